The summed E-state index contributed by atoms with van der Waals surface area (Å²) in [4.78, 5) is 14.3. The van der Waals surface area contributed by atoms with Crippen LogP contribution < -0.4 is 0 Å². The molecule has 1 amide bonds. The summed E-state index contributed by atoms with van der Waals surface area (Å²) in [6.07, 6.45) is 1.90. The monoisotopic (exact) mass is 379 g/mol. The van der Waals surface area contributed by atoms with Gasteiger partial charge in [0, 0.05) is 29.8 Å². The number of aromatic nitrogens is 2. The van der Waals surface area contributed by atoms with Gasteiger partial charge in [0.25, 0.3) is 5.91 Å². The Bertz CT molecular complexity index is 902. The highest BCUT2D eigenvalue weighted by molar-refractivity contribution is 5.94. The normalized spacial score (nSPS) is 10.8. The van der Waals surface area contributed by atoms with Gasteiger partial charge in [-0.05, 0) is 49.7 Å². The Kier molecular flexibility index (Phi) is 6.55. The first-order valence-electron chi connectivity index (χ1n) is 9.53. The topological polar surface area (TPSA) is 79.5 Å². The first-order valence-corrected chi connectivity index (χ1v) is 9.53. The van der Waals surface area contributed by atoms with Gasteiger partial charge in [-0.15, -0.1) is 10.2 Å². The molecule has 0 aliphatic carbocycles. The zero-order valence-corrected chi connectivity index (χ0v) is 16.3. The molecule has 0 atom stereocenters. The van der Waals surface area contributed by atoms with E-state index in [1.165, 1.54) is 0 Å². The molecule has 0 spiro atoms. The van der Waals surface area contributed by atoms with Crippen LogP contribution in [0.4, 0.5) is 0 Å². The van der Waals surface area contributed by atoms with Crippen LogP contribution in [0.3, 0.4) is 0 Å². The lowest BCUT2D eigenvalue weighted by Crippen LogP contribution is -2.34. The fraction of sp³-hybridized carbons (Fsp3) is 0.318. The van der Waals surface area contributed by atoms with Gasteiger partial charge < -0.3 is 14.4 Å². The molecular weight excluding hydrogens is 354 g/mol. The molecule has 3 aromatic rings. The van der Waals surface area contributed by atoms with Crippen LogP contribution >= 0.6 is 0 Å². The van der Waals surface area contributed by atoms with E-state index in [1.807, 2.05) is 31.2 Å². The van der Waals surface area contributed by atoms with Gasteiger partial charge in [-0.25, -0.2) is 0 Å². The van der Waals surface area contributed by atoms with Crippen LogP contribution in [-0.2, 0) is 0 Å². The lowest BCUT2D eigenvalue weighted by Gasteiger charge is -2.21. The van der Waals surface area contributed by atoms with Crippen LogP contribution in [0, 0.1) is 6.92 Å². The van der Waals surface area contributed by atoms with Crippen molar-refractivity contribution in [1.29, 1.82) is 0 Å². The first kappa shape index (κ1) is 19.8. The first-order chi connectivity index (χ1) is 13.6. The molecule has 1 heterocycles. The minimum atomic E-state index is -0.0834. The smallest absolute Gasteiger partial charge is 0.253 e. The Morgan fingerprint density at radius 2 is 1.54 bits per heavy atom. The molecule has 0 bridgehead atoms. The van der Waals surface area contributed by atoms with E-state index in [1.54, 1.807) is 29.2 Å². The number of hydrogen-bond donors (Lipinski definition) is 1. The average molecular weight is 379 g/mol. The number of hydrogen-bond acceptors (Lipinski definition) is 5. The van der Waals surface area contributed by atoms with Crippen LogP contribution in [0.1, 0.15) is 35.7 Å². The van der Waals surface area contributed by atoms with Crippen molar-refractivity contribution in [3.63, 3.8) is 0 Å². The zero-order valence-electron chi connectivity index (χ0n) is 16.3. The van der Waals surface area contributed by atoms with Crippen molar-refractivity contribution in [2.24, 2.45) is 0 Å². The van der Waals surface area contributed by atoms with Gasteiger partial charge in [0.1, 0.15) is 0 Å². The van der Waals surface area contributed by atoms with Crippen molar-refractivity contribution in [2.75, 3.05) is 19.7 Å². The Morgan fingerprint density at radius 1 is 0.964 bits per heavy atom. The zero-order chi connectivity index (χ0) is 19.9. The van der Waals surface area contributed by atoms with Crippen molar-refractivity contribution in [2.45, 2.75) is 26.7 Å². The standard InChI is InChI=1S/C22H25N3O3/c1-3-4-13-25(14-15-26)22(27)19-11-9-18(10-12-19)21-24-23-20(28-21)17-7-5-16(2)6-8-17/h5-12,26H,3-4,13-15H2,1-2H3. The number of carbonyl (C=O) groups excluding carboxylic acids is 1. The fourth-order valence-electron chi connectivity index (χ4n) is 2.88. The Morgan fingerprint density at radius 3 is 2.07 bits per heavy atom. The number of amides is 1. The van der Waals surface area contributed by atoms with Crippen LogP contribution in [0.15, 0.2) is 52.9 Å². The predicted octanol–water partition coefficient (Wildman–Crippen LogP) is 3.95. The van der Waals surface area contributed by atoms with E-state index in [2.05, 4.69) is 17.1 Å². The second-order valence-corrected chi connectivity index (χ2v) is 6.73. The van der Waals surface area contributed by atoms with Crippen molar-refractivity contribution in [3.8, 4) is 22.9 Å². The number of benzene rings is 2. The molecule has 0 fully saturated rings. The summed E-state index contributed by atoms with van der Waals surface area (Å²) in [5.74, 6) is 0.788. The highest BCUT2D eigenvalue weighted by Crippen LogP contribution is 2.24. The molecule has 1 aromatic heterocycles. The average Bonchev–Trinajstić information content (AvgIpc) is 3.21. The summed E-state index contributed by atoms with van der Waals surface area (Å²) in [6, 6.07) is 15.0. The van der Waals surface area contributed by atoms with Crippen LogP contribution in [-0.4, -0.2) is 45.8 Å². The highest BCUT2D eigenvalue weighted by Gasteiger charge is 2.16. The minimum absolute atomic E-state index is 0.0443. The van der Waals surface area contributed by atoms with Gasteiger partial charge in [-0.3, -0.25) is 4.79 Å². The SMILES string of the molecule is CCCCN(CCO)C(=O)c1ccc(-c2nnc(-c3ccc(C)cc3)o2)cc1. The van der Waals surface area contributed by atoms with Crippen molar-refractivity contribution < 1.29 is 14.3 Å². The second kappa shape index (κ2) is 9.28. The Balaban J connectivity index is 1.75. The molecule has 0 unspecified atom stereocenters. The number of aryl methyl sites for hydroxylation is 1. The minimum Gasteiger partial charge on any atom is -0.416 e. The Labute approximate surface area is 164 Å². The summed E-state index contributed by atoms with van der Waals surface area (Å²) in [5, 5.41) is 17.5. The lowest BCUT2D eigenvalue weighted by molar-refractivity contribution is 0.0719. The largest absolute Gasteiger partial charge is 0.416 e. The molecule has 0 saturated carbocycles. The number of carbonyl (C=O) groups is 1. The maximum Gasteiger partial charge on any atom is 0.253 e. The van der Waals surface area contributed by atoms with Gasteiger partial charge in [0.15, 0.2) is 0 Å². The number of nitrogens with zero attached hydrogens (tertiary/aromatic N) is 3. The summed E-state index contributed by atoms with van der Waals surface area (Å²) in [7, 11) is 0. The third-order valence-corrected chi connectivity index (χ3v) is 4.54. The maximum absolute atomic E-state index is 12.7. The van der Waals surface area contributed by atoms with E-state index in [-0.39, 0.29) is 12.5 Å². The van der Waals surface area contributed by atoms with E-state index >= 15 is 0 Å². The van der Waals surface area contributed by atoms with E-state index in [4.69, 9.17) is 4.42 Å². The third-order valence-electron chi connectivity index (χ3n) is 4.54. The molecule has 2 aromatic carbocycles. The molecule has 28 heavy (non-hydrogen) atoms. The predicted molar refractivity (Wildman–Crippen MR) is 108 cm³/mol. The van der Waals surface area contributed by atoms with Crippen molar-refractivity contribution >= 4 is 5.91 Å². The van der Waals surface area contributed by atoms with Crippen LogP contribution in [0.5, 0.6) is 0 Å². The van der Waals surface area contributed by atoms with Gasteiger partial charge in [-0.2, -0.15) is 0 Å². The van der Waals surface area contributed by atoms with Crippen LogP contribution in [0.2, 0.25) is 0 Å². The summed E-state index contributed by atoms with van der Waals surface area (Å²) in [6.45, 7) is 5.03. The summed E-state index contributed by atoms with van der Waals surface area (Å²) >= 11 is 0. The molecular formula is C22H25N3O3. The number of unbranched alkanes of at least 4 members (excludes halogenated alkanes) is 1. The number of aliphatic hydroxyl groups excluding tert-OH is 1. The maximum atomic E-state index is 12.7. The fourth-order valence-corrected chi connectivity index (χ4v) is 2.88. The van der Waals surface area contributed by atoms with Gasteiger partial charge >= 0.3 is 0 Å². The number of aliphatic hydroxyl groups is 1. The van der Waals surface area contributed by atoms with E-state index in [0.29, 0.717) is 30.4 Å². The summed E-state index contributed by atoms with van der Waals surface area (Å²) < 4.78 is 5.78. The molecule has 0 radical (unpaired) electrons. The highest BCUT2D eigenvalue weighted by atomic mass is 16.4. The van der Waals surface area contributed by atoms with Gasteiger partial charge in [-0.1, -0.05) is 31.0 Å². The van der Waals surface area contributed by atoms with E-state index < -0.39 is 0 Å². The molecule has 3 rings (SSSR count). The Hall–Kier alpha value is -2.99. The molecule has 0 saturated heterocycles. The van der Waals surface area contributed by atoms with E-state index in [0.717, 1.165) is 29.5 Å². The molecule has 0 aliphatic heterocycles. The lowest BCUT2D eigenvalue weighted by atomic mass is 10.1. The quantitative estimate of drug-likeness (QED) is 0.641. The molecule has 6 heteroatoms. The van der Waals surface area contributed by atoms with Crippen molar-refractivity contribution in [3.05, 3.63) is 59.7 Å². The summed E-state index contributed by atoms with van der Waals surface area (Å²) in [5.41, 5.74) is 3.36. The van der Waals surface area contributed by atoms with E-state index in [9.17, 15) is 9.90 Å². The van der Waals surface area contributed by atoms with Crippen LogP contribution in [0.25, 0.3) is 22.9 Å². The molecule has 6 nitrogen and oxygen atoms in total. The second-order valence-electron chi connectivity index (χ2n) is 6.73. The van der Waals surface area contributed by atoms with Gasteiger partial charge in [0.05, 0.1) is 6.61 Å². The molecule has 1 N–H and O–H groups in total. The third kappa shape index (κ3) is 4.64. The van der Waals surface area contributed by atoms with Gasteiger partial charge in [0.2, 0.25) is 11.8 Å². The molecule has 146 valence electrons. The number of rotatable bonds is 8. The molecule has 0 aliphatic rings. The van der Waals surface area contributed by atoms with Crippen molar-refractivity contribution in [1.82, 2.24) is 15.1 Å².